The monoisotopic (exact) mass is 371 g/mol. The normalized spacial score (nSPS) is 24.6. The van der Waals surface area contributed by atoms with Crippen LogP contribution in [0, 0.1) is 0 Å². The first-order chi connectivity index (χ1) is 10.3. The molecule has 1 aromatic carbocycles. The van der Waals surface area contributed by atoms with E-state index in [1.54, 1.807) is 6.20 Å². The summed E-state index contributed by atoms with van der Waals surface area (Å²) in [6.07, 6.45) is 5.16. The summed E-state index contributed by atoms with van der Waals surface area (Å²) in [6, 6.07) is 11.3. The van der Waals surface area contributed by atoms with Gasteiger partial charge in [0.1, 0.15) is 9.88 Å². The molecule has 0 aliphatic carbocycles. The van der Waals surface area contributed by atoms with Crippen LogP contribution in [-0.4, -0.2) is 29.0 Å². The van der Waals surface area contributed by atoms with Gasteiger partial charge in [-0.2, -0.15) is 0 Å². The van der Waals surface area contributed by atoms with Gasteiger partial charge >= 0.3 is 0 Å². The van der Waals surface area contributed by atoms with Gasteiger partial charge in [-0.3, -0.25) is 4.79 Å². The van der Waals surface area contributed by atoms with E-state index in [2.05, 4.69) is 15.6 Å². The Kier molecular flexibility index (Phi) is 6.03. The smallest absolute Gasteiger partial charge is 0.263 e. The molecule has 0 saturated carbocycles. The molecule has 2 aliphatic heterocycles. The summed E-state index contributed by atoms with van der Waals surface area (Å²) >= 11 is 1.45. The zero-order valence-electron chi connectivity index (χ0n) is 12.4. The van der Waals surface area contributed by atoms with Crippen LogP contribution >= 0.6 is 36.2 Å². The first-order valence-electron chi connectivity index (χ1n) is 7.38. The maximum atomic E-state index is 12.4. The van der Waals surface area contributed by atoms with Gasteiger partial charge in [0.15, 0.2) is 0 Å². The molecule has 2 aromatic rings. The molecule has 23 heavy (non-hydrogen) atoms. The SMILES string of the molecule is Cl.Cl.O=C(N[C@@H]1CC2CCC1N2)c1cnc(-c2ccccc2)s1. The minimum absolute atomic E-state index is 0. The molecule has 2 N–H and O–H groups in total. The van der Waals surface area contributed by atoms with Crippen molar-refractivity contribution < 1.29 is 4.79 Å². The van der Waals surface area contributed by atoms with Gasteiger partial charge in [0.05, 0.1) is 6.20 Å². The molecule has 3 atom stereocenters. The first-order valence-corrected chi connectivity index (χ1v) is 8.19. The number of benzene rings is 1. The van der Waals surface area contributed by atoms with Gasteiger partial charge in [-0.05, 0) is 19.3 Å². The maximum Gasteiger partial charge on any atom is 0.263 e. The molecule has 2 saturated heterocycles. The van der Waals surface area contributed by atoms with E-state index in [4.69, 9.17) is 0 Å². The molecular weight excluding hydrogens is 353 g/mol. The molecule has 2 fully saturated rings. The van der Waals surface area contributed by atoms with Crippen molar-refractivity contribution in [2.24, 2.45) is 0 Å². The molecule has 2 aliphatic rings. The summed E-state index contributed by atoms with van der Waals surface area (Å²) in [7, 11) is 0. The van der Waals surface area contributed by atoms with E-state index in [0.29, 0.717) is 17.0 Å². The Morgan fingerprint density at radius 1 is 1.22 bits per heavy atom. The first kappa shape index (κ1) is 18.2. The Labute approximate surface area is 151 Å². The summed E-state index contributed by atoms with van der Waals surface area (Å²) in [6.45, 7) is 0. The number of nitrogens with zero attached hydrogens (tertiary/aromatic N) is 1. The van der Waals surface area contributed by atoms with Crippen molar-refractivity contribution in [2.75, 3.05) is 0 Å². The summed E-state index contributed by atoms with van der Waals surface area (Å²) < 4.78 is 0. The third-order valence-electron chi connectivity index (χ3n) is 4.37. The van der Waals surface area contributed by atoms with E-state index in [-0.39, 0.29) is 36.8 Å². The van der Waals surface area contributed by atoms with Crippen LogP contribution in [0.1, 0.15) is 28.9 Å². The van der Waals surface area contributed by atoms with E-state index < -0.39 is 0 Å². The standard InChI is InChI=1S/C16H17N3OS.2ClH/c20-15(19-13-8-11-6-7-12(13)18-11)14-9-17-16(21-14)10-4-2-1-3-5-10;;/h1-5,9,11-13,18H,6-8H2,(H,19,20);2*1H/t11?,12?,13-;;/m1../s1. The fraction of sp³-hybridized carbons (Fsp3) is 0.375. The van der Waals surface area contributed by atoms with Crippen molar-refractivity contribution >= 4 is 42.1 Å². The predicted octanol–water partition coefficient (Wildman–Crippen LogP) is 3.28. The van der Waals surface area contributed by atoms with E-state index in [0.717, 1.165) is 17.0 Å². The van der Waals surface area contributed by atoms with E-state index in [1.165, 1.54) is 24.2 Å². The molecule has 1 amide bonds. The number of hydrogen-bond acceptors (Lipinski definition) is 4. The van der Waals surface area contributed by atoms with Gasteiger partial charge in [-0.1, -0.05) is 30.3 Å². The second-order valence-corrected chi connectivity index (χ2v) is 6.79. The lowest BCUT2D eigenvalue weighted by molar-refractivity contribution is 0.0935. The lowest BCUT2D eigenvalue weighted by Gasteiger charge is -2.20. The van der Waals surface area contributed by atoms with Gasteiger partial charge in [0, 0.05) is 23.7 Å². The Hall–Kier alpha value is -1.14. The Balaban J connectivity index is 0.000000960. The quantitative estimate of drug-likeness (QED) is 0.870. The average molecular weight is 372 g/mol. The summed E-state index contributed by atoms with van der Waals surface area (Å²) in [5, 5.41) is 7.59. The molecule has 0 spiro atoms. The second-order valence-electron chi connectivity index (χ2n) is 5.76. The van der Waals surface area contributed by atoms with Gasteiger partial charge in [-0.15, -0.1) is 36.2 Å². The largest absolute Gasteiger partial charge is 0.347 e. The lowest BCUT2D eigenvalue weighted by Crippen LogP contribution is -2.42. The highest BCUT2D eigenvalue weighted by Gasteiger charge is 2.39. The molecule has 4 rings (SSSR count). The van der Waals surface area contributed by atoms with Gasteiger partial charge in [0.2, 0.25) is 0 Å². The Morgan fingerprint density at radius 3 is 2.65 bits per heavy atom. The number of fused-ring (bicyclic) bond motifs is 2. The van der Waals surface area contributed by atoms with Gasteiger partial charge < -0.3 is 10.6 Å². The molecular formula is C16H19Cl2N3OS. The van der Waals surface area contributed by atoms with E-state index in [9.17, 15) is 4.79 Å². The predicted molar refractivity (Wildman–Crippen MR) is 97.9 cm³/mol. The number of amides is 1. The maximum absolute atomic E-state index is 12.4. The zero-order chi connectivity index (χ0) is 14.2. The lowest BCUT2D eigenvalue weighted by atomic mass is 9.95. The average Bonchev–Trinajstić information content (AvgIpc) is 3.24. The number of rotatable bonds is 3. The van der Waals surface area contributed by atoms with Crippen LogP contribution in [-0.2, 0) is 0 Å². The number of hydrogen-bond donors (Lipinski definition) is 2. The number of thiazole rings is 1. The van der Waals surface area contributed by atoms with Crippen molar-refractivity contribution in [1.82, 2.24) is 15.6 Å². The number of nitrogens with one attached hydrogen (secondary N) is 2. The minimum Gasteiger partial charge on any atom is -0.347 e. The molecule has 2 unspecified atom stereocenters. The van der Waals surface area contributed by atoms with Crippen molar-refractivity contribution in [3.8, 4) is 10.6 Å². The van der Waals surface area contributed by atoms with E-state index >= 15 is 0 Å². The van der Waals surface area contributed by atoms with Crippen LogP contribution in [0.3, 0.4) is 0 Å². The van der Waals surface area contributed by atoms with Crippen LogP contribution in [0.4, 0.5) is 0 Å². The molecule has 3 heterocycles. The van der Waals surface area contributed by atoms with Crippen molar-refractivity contribution in [3.05, 3.63) is 41.4 Å². The second kappa shape index (κ2) is 7.62. The highest BCUT2D eigenvalue weighted by molar-refractivity contribution is 7.16. The zero-order valence-corrected chi connectivity index (χ0v) is 14.8. The van der Waals surface area contributed by atoms with Crippen molar-refractivity contribution in [3.63, 3.8) is 0 Å². The van der Waals surface area contributed by atoms with Gasteiger partial charge in [-0.25, -0.2) is 4.98 Å². The summed E-state index contributed by atoms with van der Waals surface area (Å²) in [4.78, 5) is 17.4. The molecule has 7 heteroatoms. The number of aromatic nitrogens is 1. The molecule has 0 radical (unpaired) electrons. The Morgan fingerprint density at radius 2 is 2.00 bits per heavy atom. The van der Waals surface area contributed by atoms with Crippen molar-refractivity contribution in [1.29, 1.82) is 0 Å². The third kappa shape index (κ3) is 3.69. The summed E-state index contributed by atoms with van der Waals surface area (Å²) in [5.74, 6) is 0.00836. The number of carbonyl (C=O) groups is 1. The fourth-order valence-electron chi connectivity index (χ4n) is 3.32. The van der Waals surface area contributed by atoms with Crippen LogP contribution in [0.25, 0.3) is 10.6 Å². The Bertz CT molecular complexity index is 664. The number of carbonyl (C=O) groups excluding carboxylic acids is 1. The molecule has 4 nitrogen and oxygen atoms in total. The van der Waals surface area contributed by atoms with Crippen molar-refractivity contribution in [2.45, 2.75) is 37.4 Å². The molecule has 1 aromatic heterocycles. The summed E-state index contributed by atoms with van der Waals surface area (Å²) in [5.41, 5.74) is 1.06. The van der Waals surface area contributed by atoms with Crippen LogP contribution in [0.2, 0.25) is 0 Å². The fourth-order valence-corrected chi connectivity index (χ4v) is 4.14. The topological polar surface area (TPSA) is 54.0 Å². The minimum atomic E-state index is 0. The van der Waals surface area contributed by atoms with Crippen LogP contribution in [0.5, 0.6) is 0 Å². The third-order valence-corrected chi connectivity index (χ3v) is 5.41. The van der Waals surface area contributed by atoms with Gasteiger partial charge in [0.25, 0.3) is 5.91 Å². The molecule has 2 bridgehead atoms. The molecule has 124 valence electrons. The van der Waals surface area contributed by atoms with E-state index in [1.807, 2.05) is 30.3 Å². The highest BCUT2D eigenvalue weighted by Crippen LogP contribution is 2.29. The van der Waals surface area contributed by atoms with Crippen LogP contribution < -0.4 is 10.6 Å². The highest BCUT2D eigenvalue weighted by atomic mass is 35.5. The van der Waals surface area contributed by atoms with Crippen LogP contribution in [0.15, 0.2) is 36.5 Å². The number of halogens is 2.